The minimum atomic E-state index is -0.982. The van der Waals surface area contributed by atoms with E-state index in [1.54, 1.807) is 0 Å². The van der Waals surface area contributed by atoms with Gasteiger partial charge in [-0.1, -0.05) is 48.5 Å². The van der Waals surface area contributed by atoms with Gasteiger partial charge in [0.15, 0.2) is 0 Å². The number of ether oxygens (including phenoxy) is 1. The number of hydrogen-bond acceptors (Lipinski definition) is 3. The van der Waals surface area contributed by atoms with Crippen LogP contribution in [0.1, 0.15) is 34.7 Å². The van der Waals surface area contributed by atoms with Crippen molar-refractivity contribution in [3.63, 3.8) is 0 Å². The second-order valence-corrected chi connectivity index (χ2v) is 5.65. The Balaban J connectivity index is 2.07. The first-order chi connectivity index (χ1) is 11.5. The summed E-state index contributed by atoms with van der Waals surface area (Å²) in [6.45, 7) is 4.00. The predicted octanol–water partition coefficient (Wildman–Crippen LogP) is 3.75. The third-order valence-electron chi connectivity index (χ3n) is 3.91. The lowest BCUT2D eigenvalue weighted by molar-refractivity contribution is -0.137. The van der Waals surface area contributed by atoms with Crippen LogP contribution in [0.4, 0.5) is 4.79 Å². The summed E-state index contributed by atoms with van der Waals surface area (Å²) in [6, 6.07) is 14.3. The zero-order valence-corrected chi connectivity index (χ0v) is 13.8. The Morgan fingerprint density at radius 2 is 1.79 bits per heavy atom. The zero-order chi connectivity index (χ0) is 17.5. The minimum Gasteiger partial charge on any atom is -0.481 e. The minimum absolute atomic E-state index is 0.138. The van der Waals surface area contributed by atoms with Crippen molar-refractivity contribution in [1.29, 1.82) is 0 Å². The molecule has 0 radical (unpaired) electrons. The van der Waals surface area contributed by atoms with Crippen LogP contribution in [0.5, 0.6) is 0 Å². The van der Waals surface area contributed by atoms with Crippen LogP contribution in [0.2, 0.25) is 0 Å². The first-order valence-electron chi connectivity index (χ1n) is 7.72. The summed E-state index contributed by atoms with van der Waals surface area (Å²) in [5.41, 5.74) is 3.66. The number of benzene rings is 2. The first kappa shape index (κ1) is 17.5. The van der Waals surface area contributed by atoms with Gasteiger partial charge in [-0.05, 0) is 36.1 Å². The third kappa shape index (κ3) is 4.84. The van der Waals surface area contributed by atoms with E-state index in [0.29, 0.717) is 0 Å². The molecular weight excluding hydrogens is 306 g/mol. The van der Waals surface area contributed by atoms with E-state index in [0.717, 1.165) is 22.3 Å². The molecule has 0 saturated heterocycles. The lowest BCUT2D eigenvalue weighted by atomic mass is 9.95. The van der Waals surface area contributed by atoms with Gasteiger partial charge in [0.2, 0.25) is 0 Å². The van der Waals surface area contributed by atoms with Crippen molar-refractivity contribution in [3.8, 4) is 0 Å². The number of aryl methyl sites for hydroxylation is 1. The van der Waals surface area contributed by atoms with Gasteiger partial charge in [0.25, 0.3) is 0 Å². The lowest BCUT2D eigenvalue weighted by Gasteiger charge is -2.20. The molecule has 2 aromatic carbocycles. The second kappa shape index (κ2) is 8.15. The average molecular weight is 327 g/mol. The summed E-state index contributed by atoms with van der Waals surface area (Å²) in [7, 11) is 0. The van der Waals surface area contributed by atoms with Gasteiger partial charge in [0.1, 0.15) is 6.61 Å². The highest BCUT2D eigenvalue weighted by Gasteiger charge is 2.21. The van der Waals surface area contributed by atoms with Crippen molar-refractivity contribution in [3.05, 3.63) is 70.8 Å². The molecule has 126 valence electrons. The molecule has 0 aliphatic heterocycles. The highest BCUT2D eigenvalue weighted by atomic mass is 16.5. The number of amides is 1. The van der Waals surface area contributed by atoms with Crippen LogP contribution in [-0.2, 0) is 16.1 Å². The molecule has 24 heavy (non-hydrogen) atoms. The van der Waals surface area contributed by atoms with Crippen LogP contribution in [0.15, 0.2) is 48.5 Å². The molecule has 0 aliphatic rings. The molecule has 1 atom stereocenters. The SMILES string of the molecule is Cc1cccc([C@H](CC(=O)O)NC(=O)OCc2ccccc2)c1C. The monoisotopic (exact) mass is 327 g/mol. The van der Waals surface area contributed by atoms with Gasteiger partial charge >= 0.3 is 12.1 Å². The largest absolute Gasteiger partial charge is 0.481 e. The highest BCUT2D eigenvalue weighted by molar-refractivity contribution is 5.72. The van der Waals surface area contributed by atoms with Gasteiger partial charge in [0.05, 0.1) is 12.5 Å². The maximum absolute atomic E-state index is 12.1. The smallest absolute Gasteiger partial charge is 0.407 e. The van der Waals surface area contributed by atoms with E-state index in [-0.39, 0.29) is 13.0 Å². The van der Waals surface area contributed by atoms with Crippen molar-refractivity contribution in [2.75, 3.05) is 0 Å². The van der Waals surface area contributed by atoms with Gasteiger partial charge < -0.3 is 15.2 Å². The number of carbonyl (C=O) groups excluding carboxylic acids is 1. The first-order valence-corrected chi connectivity index (χ1v) is 7.72. The quantitative estimate of drug-likeness (QED) is 0.847. The number of hydrogen-bond donors (Lipinski definition) is 2. The van der Waals surface area contributed by atoms with Crippen LogP contribution < -0.4 is 5.32 Å². The fourth-order valence-corrected chi connectivity index (χ4v) is 2.47. The van der Waals surface area contributed by atoms with Crippen molar-refractivity contribution in [2.24, 2.45) is 0 Å². The molecule has 0 unspecified atom stereocenters. The normalized spacial score (nSPS) is 11.6. The van der Waals surface area contributed by atoms with E-state index in [1.807, 2.05) is 62.4 Å². The Labute approximate surface area is 141 Å². The molecule has 2 aromatic rings. The van der Waals surface area contributed by atoms with E-state index < -0.39 is 18.1 Å². The van der Waals surface area contributed by atoms with Crippen LogP contribution in [0, 0.1) is 13.8 Å². The molecule has 2 N–H and O–H groups in total. The van der Waals surface area contributed by atoms with E-state index in [2.05, 4.69) is 5.32 Å². The van der Waals surface area contributed by atoms with Crippen molar-refractivity contribution in [1.82, 2.24) is 5.32 Å². The number of aliphatic carboxylic acids is 1. The Morgan fingerprint density at radius 1 is 1.08 bits per heavy atom. The lowest BCUT2D eigenvalue weighted by Crippen LogP contribution is -2.31. The number of carboxylic acid groups (broad SMARTS) is 1. The highest BCUT2D eigenvalue weighted by Crippen LogP contribution is 2.23. The Bertz CT molecular complexity index is 713. The Kier molecular flexibility index (Phi) is 5.95. The van der Waals surface area contributed by atoms with Gasteiger partial charge in [-0.2, -0.15) is 0 Å². The summed E-state index contributed by atoms with van der Waals surface area (Å²) in [5.74, 6) is -0.982. The molecule has 0 aromatic heterocycles. The van der Waals surface area contributed by atoms with Crippen LogP contribution >= 0.6 is 0 Å². The topological polar surface area (TPSA) is 75.6 Å². The fraction of sp³-hybridized carbons (Fsp3) is 0.263. The van der Waals surface area contributed by atoms with Crippen LogP contribution in [0.25, 0.3) is 0 Å². The number of carbonyl (C=O) groups is 2. The number of rotatable bonds is 6. The van der Waals surface area contributed by atoms with Crippen molar-refractivity contribution >= 4 is 12.1 Å². The summed E-state index contributed by atoms with van der Waals surface area (Å²) in [6.07, 6.45) is -0.837. The summed E-state index contributed by atoms with van der Waals surface area (Å²) < 4.78 is 5.19. The maximum Gasteiger partial charge on any atom is 0.407 e. The standard InChI is InChI=1S/C19H21NO4/c1-13-7-6-10-16(14(13)2)17(11-18(21)22)20-19(23)24-12-15-8-4-3-5-9-15/h3-10,17H,11-12H2,1-2H3,(H,20,23)(H,21,22)/t17-/m0/s1. The molecule has 0 saturated carbocycles. The zero-order valence-electron chi connectivity index (χ0n) is 13.8. The predicted molar refractivity (Wildman–Crippen MR) is 90.7 cm³/mol. The molecule has 0 spiro atoms. The Morgan fingerprint density at radius 3 is 2.46 bits per heavy atom. The van der Waals surface area contributed by atoms with Crippen LogP contribution in [-0.4, -0.2) is 17.2 Å². The van der Waals surface area contributed by atoms with E-state index >= 15 is 0 Å². The maximum atomic E-state index is 12.1. The van der Waals surface area contributed by atoms with E-state index in [1.165, 1.54) is 0 Å². The number of carboxylic acids is 1. The molecule has 1 amide bonds. The average Bonchev–Trinajstić information content (AvgIpc) is 2.55. The second-order valence-electron chi connectivity index (χ2n) is 5.65. The molecule has 0 aliphatic carbocycles. The molecule has 0 bridgehead atoms. The van der Waals surface area contributed by atoms with E-state index in [4.69, 9.17) is 9.84 Å². The molecular formula is C19H21NO4. The van der Waals surface area contributed by atoms with Gasteiger partial charge in [-0.15, -0.1) is 0 Å². The molecule has 5 nitrogen and oxygen atoms in total. The Hall–Kier alpha value is -2.82. The third-order valence-corrected chi connectivity index (χ3v) is 3.91. The molecule has 5 heteroatoms. The molecule has 0 fully saturated rings. The summed E-state index contributed by atoms with van der Waals surface area (Å²) in [5, 5.41) is 11.8. The van der Waals surface area contributed by atoms with E-state index in [9.17, 15) is 9.59 Å². The van der Waals surface area contributed by atoms with Crippen molar-refractivity contribution in [2.45, 2.75) is 32.9 Å². The fourth-order valence-electron chi connectivity index (χ4n) is 2.47. The van der Waals surface area contributed by atoms with Gasteiger partial charge in [-0.25, -0.2) is 4.79 Å². The molecule has 0 heterocycles. The van der Waals surface area contributed by atoms with Crippen molar-refractivity contribution < 1.29 is 19.4 Å². The number of nitrogens with one attached hydrogen (secondary N) is 1. The van der Waals surface area contributed by atoms with Crippen LogP contribution in [0.3, 0.4) is 0 Å². The summed E-state index contributed by atoms with van der Waals surface area (Å²) >= 11 is 0. The van der Waals surface area contributed by atoms with Gasteiger partial charge in [0, 0.05) is 0 Å². The van der Waals surface area contributed by atoms with Gasteiger partial charge in [-0.3, -0.25) is 4.79 Å². The molecule has 2 rings (SSSR count). The summed E-state index contributed by atoms with van der Waals surface area (Å²) in [4.78, 5) is 23.2. The number of alkyl carbamates (subject to hydrolysis) is 1.